The number of hydrogen-bond acceptors (Lipinski definition) is 5. The fourth-order valence-electron chi connectivity index (χ4n) is 1.78. The third-order valence-electron chi connectivity index (χ3n) is 3.33. The molecule has 6 heteroatoms. The predicted octanol–water partition coefficient (Wildman–Crippen LogP) is 1.76. The molecule has 0 unspecified atom stereocenters. The van der Waals surface area contributed by atoms with E-state index in [1.54, 1.807) is 6.20 Å². The molecule has 0 aromatic carbocycles. The third kappa shape index (κ3) is 6.53. The van der Waals surface area contributed by atoms with Crippen LogP contribution >= 0.6 is 0 Å². The molecule has 0 saturated heterocycles. The van der Waals surface area contributed by atoms with E-state index >= 15 is 0 Å². The van der Waals surface area contributed by atoms with Crippen LogP contribution in [0.25, 0.3) is 0 Å². The number of nitrogens with one attached hydrogen (secondary N) is 2. The number of anilines is 1. The standard InChI is InChI=1S/C15H27N5O/c1-5-17-14-11-16-10-13(19-14)15(21)18-8-6-7-9-20(4)12(2)3/h10-12H,5-9H2,1-4H3,(H,17,19)(H,18,21). The monoisotopic (exact) mass is 293 g/mol. The lowest BCUT2D eigenvalue weighted by Gasteiger charge is -2.20. The Kier molecular flexibility index (Phi) is 7.68. The molecular weight excluding hydrogens is 266 g/mol. The summed E-state index contributed by atoms with van der Waals surface area (Å²) in [6.07, 6.45) is 5.13. The highest BCUT2D eigenvalue weighted by atomic mass is 16.1. The highest BCUT2D eigenvalue weighted by Crippen LogP contribution is 2.02. The molecule has 21 heavy (non-hydrogen) atoms. The summed E-state index contributed by atoms with van der Waals surface area (Å²) in [7, 11) is 2.12. The average Bonchev–Trinajstić information content (AvgIpc) is 2.47. The second kappa shape index (κ2) is 9.28. The van der Waals surface area contributed by atoms with E-state index in [0.29, 0.717) is 24.1 Å². The van der Waals surface area contributed by atoms with Crippen molar-refractivity contribution < 1.29 is 4.79 Å². The van der Waals surface area contributed by atoms with E-state index in [9.17, 15) is 4.79 Å². The van der Waals surface area contributed by atoms with Crippen LogP contribution in [0.3, 0.4) is 0 Å². The van der Waals surface area contributed by atoms with Gasteiger partial charge in [0.25, 0.3) is 5.91 Å². The Hall–Kier alpha value is -1.69. The average molecular weight is 293 g/mol. The lowest BCUT2D eigenvalue weighted by molar-refractivity contribution is 0.0947. The Bertz CT molecular complexity index is 436. The lowest BCUT2D eigenvalue weighted by Crippen LogP contribution is -2.29. The summed E-state index contributed by atoms with van der Waals surface area (Å²) in [6, 6.07) is 0.559. The predicted molar refractivity (Wildman–Crippen MR) is 85.5 cm³/mol. The molecule has 0 aliphatic rings. The third-order valence-corrected chi connectivity index (χ3v) is 3.33. The lowest BCUT2D eigenvalue weighted by atomic mass is 10.2. The van der Waals surface area contributed by atoms with E-state index in [2.05, 4.69) is 46.4 Å². The van der Waals surface area contributed by atoms with E-state index in [4.69, 9.17) is 0 Å². The molecule has 0 saturated carbocycles. The maximum Gasteiger partial charge on any atom is 0.271 e. The molecule has 0 fully saturated rings. The van der Waals surface area contributed by atoms with Crippen molar-refractivity contribution in [1.82, 2.24) is 20.2 Å². The van der Waals surface area contributed by atoms with Crippen LogP contribution in [-0.4, -0.2) is 53.5 Å². The Morgan fingerprint density at radius 2 is 2.10 bits per heavy atom. The molecular formula is C15H27N5O. The number of nitrogens with zero attached hydrogens (tertiary/aromatic N) is 3. The highest BCUT2D eigenvalue weighted by molar-refractivity contribution is 5.92. The van der Waals surface area contributed by atoms with Gasteiger partial charge in [0.1, 0.15) is 11.5 Å². The van der Waals surface area contributed by atoms with Gasteiger partial charge in [0.05, 0.1) is 12.4 Å². The number of hydrogen-bond donors (Lipinski definition) is 2. The maximum atomic E-state index is 12.0. The van der Waals surface area contributed by atoms with Crippen LogP contribution in [-0.2, 0) is 0 Å². The van der Waals surface area contributed by atoms with Gasteiger partial charge in [-0.05, 0) is 47.2 Å². The van der Waals surface area contributed by atoms with E-state index in [1.165, 1.54) is 6.20 Å². The van der Waals surface area contributed by atoms with Crippen molar-refractivity contribution in [2.45, 2.75) is 39.7 Å². The summed E-state index contributed by atoms with van der Waals surface area (Å²) in [5.74, 6) is 0.461. The van der Waals surface area contributed by atoms with Gasteiger partial charge in [-0.3, -0.25) is 9.78 Å². The molecule has 0 aliphatic heterocycles. The number of rotatable bonds is 9. The number of carbonyl (C=O) groups is 1. The fraction of sp³-hybridized carbons (Fsp3) is 0.667. The largest absolute Gasteiger partial charge is 0.369 e. The molecule has 1 amide bonds. The van der Waals surface area contributed by atoms with Crippen molar-refractivity contribution in [2.24, 2.45) is 0 Å². The Labute approximate surface area is 127 Å². The Morgan fingerprint density at radius 1 is 1.33 bits per heavy atom. The molecule has 0 aliphatic carbocycles. The highest BCUT2D eigenvalue weighted by Gasteiger charge is 2.08. The zero-order valence-electron chi connectivity index (χ0n) is 13.5. The molecule has 2 N–H and O–H groups in total. The molecule has 0 spiro atoms. The van der Waals surface area contributed by atoms with Crippen molar-refractivity contribution in [3.05, 3.63) is 18.1 Å². The van der Waals surface area contributed by atoms with Gasteiger partial charge in [0, 0.05) is 19.1 Å². The summed E-state index contributed by atoms with van der Waals surface area (Å²) in [6.45, 7) is 8.79. The second-order valence-corrected chi connectivity index (χ2v) is 5.36. The topological polar surface area (TPSA) is 70.2 Å². The zero-order valence-corrected chi connectivity index (χ0v) is 13.5. The Balaban J connectivity index is 2.29. The van der Waals surface area contributed by atoms with Gasteiger partial charge in [-0.1, -0.05) is 0 Å². The van der Waals surface area contributed by atoms with Crippen molar-refractivity contribution in [2.75, 3.05) is 32.0 Å². The van der Waals surface area contributed by atoms with E-state index in [1.807, 2.05) is 6.92 Å². The van der Waals surface area contributed by atoms with Crippen LogP contribution in [0.5, 0.6) is 0 Å². The van der Waals surface area contributed by atoms with Crippen molar-refractivity contribution in [3.63, 3.8) is 0 Å². The zero-order chi connectivity index (χ0) is 15.7. The minimum atomic E-state index is -0.167. The van der Waals surface area contributed by atoms with Gasteiger partial charge in [0.15, 0.2) is 0 Å². The summed E-state index contributed by atoms with van der Waals surface area (Å²) in [4.78, 5) is 22.5. The van der Waals surface area contributed by atoms with Crippen molar-refractivity contribution in [3.8, 4) is 0 Å². The van der Waals surface area contributed by atoms with Crippen LogP contribution in [0.4, 0.5) is 5.82 Å². The maximum absolute atomic E-state index is 12.0. The number of amides is 1. The smallest absolute Gasteiger partial charge is 0.271 e. The van der Waals surface area contributed by atoms with E-state index in [0.717, 1.165) is 25.9 Å². The molecule has 1 aromatic rings. The Morgan fingerprint density at radius 3 is 2.76 bits per heavy atom. The summed E-state index contributed by atoms with van der Waals surface area (Å²) in [5, 5.41) is 5.93. The number of aromatic nitrogens is 2. The minimum absolute atomic E-state index is 0.167. The first kappa shape index (κ1) is 17.4. The minimum Gasteiger partial charge on any atom is -0.369 e. The molecule has 1 aromatic heterocycles. The SMILES string of the molecule is CCNc1cncc(C(=O)NCCCCN(C)C(C)C)n1. The summed E-state index contributed by atoms with van der Waals surface area (Å²) >= 11 is 0. The van der Waals surface area contributed by atoms with Gasteiger partial charge in [0.2, 0.25) is 0 Å². The molecule has 0 atom stereocenters. The van der Waals surface area contributed by atoms with Crippen LogP contribution in [0.2, 0.25) is 0 Å². The summed E-state index contributed by atoms with van der Waals surface area (Å²) < 4.78 is 0. The first-order valence-electron chi connectivity index (χ1n) is 7.59. The quantitative estimate of drug-likeness (QED) is 0.679. The fourth-order valence-corrected chi connectivity index (χ4v) is 1.78. The van der Waals surface area contributed by atoms with E-state index < -0.39 is 0 Å². The van der Waals surface area contributed by atoms with Crippen LogP contribution in [0.15, 0.2) is 12.4 Å². The van der Waals surface area contributed by atoms with Gasteiger partial charge in [-0.25, -0.2) is 4.98 Å². The van der Waals surface area contributed by atoms with Crippen molar-refractivity contribution >= 4 is 11.7 Å². The van der Waals surface area contributed by atoms with Gasteiger partial charge < -0.3 is 15.5 Å². The first-order valence-corrected chi connectivity index (χ1v) is 7.59. The first-order chi connectivity index (χ1) is 10.0. The van der Waals surface area contributed by atoms with Gasteiger partial charge in [-0.2, -0.15) is 0 Å². The molecule has 6 nitrogen and oxygen atoms in total. The van der Waals surface area contributed by atoms with Crippen LogP contribution in [0, 0.1) is 0 Å². The van der Waals surface area contributed by atoms with Gasteiger partial charge >= 0.3 is 0 Å². The van der Waals surface area contributed by atoms with E-state index in [-0.39, 0.29) is 5.91 Å². The summed E-state index contributed by atoms with van der Waals surface area (Å²) in [5.41, 5.74) is 0.354. The molecule has 0 radical (unpaired) electrons. The van der Waals surface area contributed by atoms with Crippen molar-refractivity contribution in [1.29, 1.82) is 0 Å². The normalized spacial score (nSPS) is 11.0. The molecule has 0 bridgehead atoms. The second-order valence-electron chi connectivity index (χ2n) is 5.36. The number of unbranched alkanes of at least 4 members (excludes halogenated alkanes) is 1. The van der Waals surface area contributed by atoms with Crippen LogP contribution in [0.1, 0.15) is 44.1 Å². The molecule has 118 valence electrons. The number of carbonyl (C=O) groups excluding carboxylic acids is 1. The molecule has 1 rings (SSSR count). The molecule has 1 heterocycles. The van der Waals surface area contributed by atoms with Gasteiger partial charge in [-0.15, -0.1) is 0 Å². The van der Waals surface area contributed by atoms with Crippen LogP contribution < -0.4 is 10.6 Å².